The highest BCUT2D eigenvalue weighted by atomic mass is 32.2. The summed E-state index contributed by atoms with van der Waals surface area (Å²) in [5, 5.41) is 17.1. The van der Waals surface area contributed by atoms with Gasteiger partial charge in [-0.15, -0.1) is 0 Å². The number of primary sulfonamides is 1. The van der Waals surface area contributed by atoms with Gasteiger partial charge in [-0.25, -0.2) is 26.5 Å². The first-order valence-electron chi connectivity index (χ1n) is 11.8. The smallest absolute Gasteiger partial charge is 0.265 e. The molecule has 1 aromatic heterocycles. The highest BCUT2D eigenvalue weighted by Crippen LogP contribution is 2.28. The number of sulfonamides is 2. The van der Waals surface area contributed by atoms with Crippen molar-refractivity contribution < 1.29 is 26.7 Å². The summed E-state index contributed by atoms with van der Waals surface area (Å²) in [6, 6.07) is 17.9. The number of aromatic nitrogens is 1. The normalized spacial score (nSPS) is 15.2. The van der Waals surface area contributed by atoms with Crippen molar-refractivity contribution in [2.75, 3.05) is 26.3 Å². The Kier molecular flexibility index (Phi) is 7.09. The fourth-order valence-electron chi connectivity index (χ4n) is 4.29. The Morgan fingerprint density at radius 2 is 1.44 bits per heavy atom. The van der Waals surface area contributed by atoms with Crippen LogP contribution in [0.1, 0.15) is 5.56 Å². The van der Waals surface area contributed by atoms with Gasteiger partial charge in [-0.3, -0.25) is 9.79 Å². The van der Waals surface area contributed by atoms with Gasteiger partial charge in [0.15, 0.2) is 0 Å². The van der Waals surface area contributed by atoms with Gasteiger partial charge in [0.2, 0.25) is 25.9 Å². The molecule has 0 atom stereocenters. The van der Waals surface area contributed by atoms with Crippen molar-refractivity contribution in [3.8, 4) is 11.6 Å². The Morgan fingerprint density at radius 3 is 2.05 bits per heavy atom. The van der Waals surface area contributed by atoms with E-state index in [1.807, 2.05) is 0 Å². The molecule has 3 N–H and O–H groups in total. The number of benzene rings is 3. The fraction of sp³-hybridized carbons (Fsp3) is 0.154. The number of aromatic hydroxyl groups is 1. The molecule has 0 amide bonds. The van der Waals surface area contributed by atoms with Gasteiger partial charge < -0.3 is 9.84 Å². The van der Waals surface area contributed by atoms with Crippen LogP contribution < -0.4 is 10.7 Å². The van der Waals surface area contributed by atoms with Gasteiger partial charge in [-0.2, -0.15) is 4.31 Å². The molecule has 5 rings (SSSR count). The zero-order valence-corrected chi connectivity index (χ0v) is 22.1. The molecule has 3 aromatic carbocycles. The minimum absolute atomic E-state index is 0.0613. The maximum Gasteiger partial charge on any atom is 0.265 e. The molecule has 0 saturated carbocycles. The molecule has 1 fully saturated rings. The van der Waals surface area contributed by atoms with Crippen LogP contribution in [0.2, 0.25) is 0 Å². The summed E-state index contributed by atoms with van der Waals surface area (Å²) >= 11 is 0. The lowest BCUT2D eigenvalue weighted by molar-refractivity contribution is 0.0730. The molecule has 4 aromatic rings. The van der Waals surface area contributed by atoms with Gasteiger partial charge in [0, 0.05) is 30.1 Å². The van der Waals surface area contributed by atoms with E-state index in [0.29, 0.717) is 29.7 Å². The molecule has 1 saturated heterocycles. The van der Waals surface area contributed by atoms with Crippen molar-refractivity contribution in [1.82, 2.24) is 8.87 Å². The molecule has 0 unspecified atom stereocenters. The number of morpholine rings is 1. The molecule has 0 bridgehead atoms. The van der Waals surface area contributed by atoms with E-state index < -0.39 is 31.5 Å². The average Bonchev–Trinajstić information content (AvgIpc) is 2.93. The van der Waals surface area contributed by atoms with E-state index in [1.54, 1.807) is 24.3 Å². The average molecular weight is 569 g/mol. The van der Waals surface area contributed by atoms with E-state index >= 15 is 0 Å². The lowest BCUT2D eigenvalue weighted by Gasteiger charge is -2.26. The Labute approximate surface area is 224 Å². The third-order valence-electron chi connectivity index (χ3n) is 6.31. The van der Waals surface area contributed by atoms with Gasteiger partial charge in [0.1, 0.15) is 0 Å². The molecule has 1 aliphatic rings. The van der Waals surface area contributed by atoms with Crippen molar-refractivity contribution in [3.05, 3.63) is 88.7 Å². The first-order valence-corrected chi connectivity index (χ1v) is 14.8. The summed E-state index contributed by atoms with van der Waals surface area (Å²) < 4.78 is 56.7. The minimum atomic E-state index is -3.86. The predicted octanol–water partition coefficient (Wildman–Crippen LogP) is 2.12. The first-order chi connectivity index (χ1) is 18.6. The number of fused-ring (bicyclic) bond motifs is 1. The van der Waals surface area contributed by atoms with Gasteiger partial charge >= 0.3 is 0 Å². The third kappa shape index (κ3) is 5.22. The van der Waals surface area contributed by atoms with Crippen molar-refractivity contribution in [3.63, 3.8) is 0 Å². The summed E-state index contributed by atoms with van der Waals surface area (Å²) in [4.78, 5) is 17.7. The largest absolute Gasteiger partial charge is 0.494 e. The zero-order valence-electron chi connectivity index (χ0n) is 20.5. The van der Waals surface area contributed by atoms with Crippen LogP contribution in [0.5, 0.6) is 5.88 Å². The number of aliphatic imine (C=N–C) groups is 1. The number of nitrogens with zero attached hydrogens (tertiary/aromatic N) is 3. The number of nitrogens with two attached hydrogens (primary N) is 1. The molecule has 0 radical (unpaired) electrons. The minimum Gasteiger partial charge on any atom is -0.494 e. The molecular weight excluding hydrogens is 544 g/mol. The van der Waals surface area contributed by atoms with E-state index in [4.69, 9.17) is 9.88 Å². The Morgan fingerprint density at radius 1 is 0.846 bits per heavy atom. The lowest BCUT2D eigenvalue weighted by atomic mass is 10.1. The third-order valence-corrected chi connectivity index (χ3v) is 9.16. The quantitative estimate of drug-likeness (QED) is 0.337. The van der Waals surface area contributed by atoms with Crippen LogP contribution in [0.15, 0.2) is 92.4 Å². The summed E-state index contributed by atoms with van der Waals surface area (Å²) in [5.41, 5.74) is 0.393. The van der Waals surface area contributed by atoms with Crippen molar-refractivity contribution in [1.29, 1.82) is 0 Å². The van der Waals surface area contributed by atoms with Gasteiger partial charge in [-0.05, 0) is 54.6 Å². The highest BCUT2D eigenvalue weighted by molar-refractivity contribution is 7.89. The standard InChI is InChI=1S/C26H24N4O7S2/c27-38(33,34)20-9-5-18(6-10-20)28-17-24-22-3-1-2-4-23(22)25(31)30(26(24)32)19-7-11-21(12-8-19)39(35,36)29-13-15-37-16-14-29/h1-12,17,32H,13-16H2,(H2,27,33,34). The second-order valence-electron chi connectivity index (χ2n) is 8.73. The number of ether oxygens (including phenoxy) is 1. The number of pyridine rings is 1. The fourth-order valence-corrected chi connectivity index (χ4v) is 6.22. The first kappa shape index (κ1) is 26.7. The van der Waals surface area contributed by atoms with Crippen molar-refractivity contribution >= 4 is 42.7 Å². The molecule has 202 valence electrons. The van der Waals surface area contributed by atoms with Crippen LogP contribution in [-0.4, -0.2) is 63.3 Å². The van der Waals surface area contributed by atoms with Crippen LogP contribution in [0.3, 0.4) is 0 Å². The zero-order chi connectivity index (χ0) is 27.8. The Hall–Kier alpha value is -3.88. The maximum absolute atomic E-state index is 13.4. The number of rotatable bonds is 6. The Balaban J connectivity index is 1.57. The Bertz CT molecular complexity index is 1840. The molecule has 0 aliphatic carbocycles. The molecule has 39 heavy (non-hydrogen) atoms. The summed E-state index contributed by atoms with van der Waals surface area (Å²) in [5.74, 6) is -0.396. The summed E-state index contributed by atoms with van der Waals surface area (Å²) in [6.45, 7) is 1.14. The number of hydrogen-bond donors (Lipinski definition) is 2. The molecule has 13 heteroatoms. The van der Waals surface area contributed by atoms with E-state index in [1.165, 1.54) is 59.1 Å². The number of hydrogen-bond acceptors (Lipinski definition) is 8. The molecule has 0 spiro atoms. The predicted molar refractivity (Wildman–Crippen MR) is 146 cm³/mol. The monoisotopic (exact) mass is 568 g/mol. The second-order valence-corrected chi connectivity index (χ2v) is 12.2. The van der Waals surface area contributed by atoms with Crippen LogP contribution in [0.25, 0.3) is 16.5 Å². The maximum atomic E-state index is 13.4. The summed E-state index contributed by atoms with van der Waals surface area (Å²) in [7, 11) is -7.60. The van der Waals surface area contributed by atoms with Crippen LogP contribution >= 0.6 is 0 Å². The van der Waals surface area contributed by atoms with Crippen LogP contribution in [0, 0.1) is 0 Å². The lowest BCUT2D eigenvalue weighted by Crippen LogP contribution is -2.40. The molecule has 11 nitrogen and oxygen atoms in total. The van der Waals surface area contributed by atoms with Crippen LogP contribution in [-0.2, 0) is 24.8 Å². The molecule has 1 aliphatic heterocycles. The topological polar surface area (TPSA) is 161 Å². The van der Waals surface area contributed by atoms with Crippen LogP contribution in [0.4, 0.5) is 5.69 Å². The SMILES string of the molecule is NS(=O)(=O)c1ccc(N=Cc2c(O)n(-c3ccc(S(=O)(=O)N4CCOCC4)cc3)c(=O)c3ccccc23)cc1. The second kappa shape index (κ2) is 10.4. The van der Waals surface area contributed by atoms with Gasteiger partial charge in [0.25, 0.3) is 5.56 Å². The molecular formula is C26H24N4O7S2. The van der Waals surface area contributed by atoms with E-state index in [-0.39, 0.29) is 34.1 Å². The van der Waals surface area contributed by atoms with E-state index in [9.17, 15) is 26.7 Å². The van der Waals surface area contributed by atoms with Crippen molar-refractivity contribution in [2.24, 2.45) is 10.1 Å². The summed E-state index contributed by atoms with van der Waals surface area (Å²) in [6.07, 6.45) is 1.37. The van der Waals surface area contributed by atoms with Crippen molar-refractivity contribution in [2.45, 2.75) is 9.79 Å². The van der Waals surface area contributed by atoms with Gasteiger partial charge in [-0.1, -0.05) is 18.2 Å². The molecule has 2 heterocycles. The highest BCUT2D eigenvalue weighted by Gasteiger charge is 2.26. The van der Waals surface area contributed by atoms with Gasteiger partial charge in [0.05, 0.1) is 39.9 Å². The van der Waals surface area contributed by atoms with E-state index in [2.05, 4.69) is 4.99 Å². The van der Waals surface area contributed by atoms with E-state index in [0.717, 1.165) is 4.57 Å².